The third kappa shape index (κ3) is 3.80. The first kappa shape index (κ1) is 20.0. The molecule has 4 aromatic rings. The number of anilines is 1. The van der Waals surface area contributed by atoms with Crippen LogP contribution in [0, 0.1) is 0 Å². The maximum Gasteiger partial charge on any atom is 0.270 e. The lowest BCUT2D eigenvalue weighted by molar-refractivity contribution is 0.0737. The van der Waals surface area contributed by atoms with Crippen LogP contribution in [0.1, 0.15) is 16.1 Å². The Labute approximate surface area is 190 Å². The van der Waals surface area contributed by atoms with Gasteiger partial charge in [0.2, 0.25) is 0 Å². The number of rotatable bonds is 4. The number of benzene rings is 2. The fourth-order valence-corrected chi connectivity index (χ4v) is 4.59. The van der Waals surface area contributed by atoms with Crippen LogP contribution in [0.15, 0.2) is 71.3 Å². The molecule has 1 amide bonds. The van der Waals surface area contributed by atoms with Crippen LogP contribution in [0.3, 0.4) is 0 Å². The predicted octanol–water partition coefficient (Wildman–Crippen LogP) is 5.55. The van der Waals surface area contributed by atoms with Gasteiger partial charge in [-0.25, -0.2) is 0 Å². The van der Waals surface area contributed by atoms with Gasteiger partial charge in [0, 0.05) is 49.9 Å². The van der Waals surface area contributed by atoms with Gasteiger partial charge in [0.1, 0.15) is 5.69 Å². The lowest BCUT2D eigenvalue weighted by atomic mass is 10.2. The Hall–Kier alpha value is -2.89. The largest absolute Gasteiger partial charge is 0.463 e. The van der Waals surface area contributed by atoms with Gasteiger partial charge >= 0.3 is 0 Å². The van der Waals surface area contributed by atoms with Gasteiger partial charge < -0.3 is 18.8 Å². The van der Waals surface area contributed by atoms with E-state index >= 15 is 0 Å². The Bertz CT molecular complexity index is 1240. The molecule has 0 bridgehead atoms. The molecular formula is C24H21Cl2N3O2. The summed E-state index contributed by atoms with van der Waals surface area (Å²) in [6.45, 7) is 3.22. The molecule has 5 rings (SSSR count). The van der Waals surface area contributed by atoms with E-state index < -0.39 is 0 Å². The van der Waals surface area contributed by atoms with Crippen LogP contribution in [-0.2, 0) is 6.54 Å². The zero-order valence-corrected chi connectivity index (χ0v) is 18.3. The summed E-state index contributed by atoms with van der Waals surface area (Å²) in [5, 5.41) is 1.41. The summed E-state index contributed by atoms with van der Waals surface area (Å²) in [5.74, 6) is -0.00254. The minimum absolute atomic E-state index is 0.00254. The molecule has 1 aliphatic rings. The molecule has 0 aliphatic carbocycles. The van der Waals surface area contributed by atoms with E-state index in [0.717, 1.165) is 34.9 Å². The summed E-state index contributed by atoms with van der Waals surface area (Å²) in [6, 6.07) is 19.2. The second-order valence-corrected chi connectivity index (χ2v) is 8.42. The Morgan fingerprint density at radius 3 is 2.35 bits per heavy atom. The van der Waals surface area contributed by atoms with E-state index in [1.54, 1.807) is 6.26 Å². The van der Waals surface area contributed by atoms with Crippen LogP contribution in [0.4, 0.5) is 5.69 Å². The Balaban J connectivity index is 1.39. The predicted molar refractivity (Wildman–Crippen MR) is 124 cm³/mol. The van der Waals surface area contributed by atoms with Crippen molar-refractivity contribution in [2.24, 2.45) is 0 Å². The van der Waals surface area contributed by atoms with E-state index in [4.69, 9.17) is 27.6 Å². The van der Waals surface area contributed by atoms with Crippen molar-refractivity contribution in [2.75, 3.05) is 31.1 Å². The number of halogens is 2. The molecule has 0 unspecified atom stereocenters. The molecule has 0 atom stereocenters. The normalized spacial score (nSPS) is 14.4. The van der Waals surface area contributed by atoms with Gasteiger partial charge in [-0.3, -0.25) is 4.79 Å². The number of hydrogen-bond donors (Lipinski definition) is 0. The fraction of sp³-hybridized carbons (Fsp3) is 0.208. The Kier molecular flexibility index (Phi) is 5.38. The average Bonchev–Trinajstić information content (AvgIpc) is 3.38. The highest BCUT2D eigenvalue weighted by Gasteiger charge is 2.27. The Morgan fingerprint density at radius 2 is 1.61 bits per heavy atom. The highest BCUT2D eigenvalue weighted by Crippen LogP contribution is 2.28. The van der Waals surface area contributed by atoms with Crippen molar-refractivity contribution in [3.63, 3.8) is 0 Å². The summed E-state index contributed by atoms with van der Waals surface area (Å²) >= 11 is 12.7. The standard InChI is InChI=1S/C24H21Cl2N3O2/c25-18-6-2-1-5-17(18)16-29-21-9-14-31-23(21)15-22(29)24(30)28-12-10-27(11-13-28)20-8-4-3-7-19(20)26/h1-9,14-15H,10-13,16H2. The summed E-state index contributed by atoms with van der Waals surface area (Å²) in [6.07, 6.45) is 1.64. The van der Waals surface area contributed by atoms with Crippen molar-refractivity contribution < 1.29 is 9.21 Å². The van der Waals surface area contributed by atoms with E-state index in [1.807, 2.05) is 70.1 Å². The average molecular weight is 454 g/mol. The smallest absolute Gasteiger partial charge is 0.270 e. The molecule has 1 saturated heterocycles. The maximum absolute atomic E-state index is 13.5. The van der Waals surface area contributed by atoms with Gasteiger partial charge in [-0.05, 0) is 23.8 Å². The first-order valence-electron chi connectivity index (χ1n) is 10.2. The molecule has 7 heteroatoms. The molecule has 0 radical (unpaired) electrons. The summed E-state index contributed by atoms with van der Waals surface area (Å²) in [4.78, 5) is 17.6. The molecule has 31 heavy (non-hydrogen) atoms. The molecule has 0 spiro atoms. The number of amides is 1. The van der Waals surface area contributed by atoms with Crippen molar-refractivity contribution >= 4 is 45.9 Å². The number of piperazine rings is 1. The topological polar surface area (TPSA) is 41.6 Å². The van der Waals surface area contributed by atoms with Gasteiger partial charge in [-0.2, -0.15) is 0 Å². The highest BCUT2D eigenvalue weighted by molar-refractivity contribution is 6.33. The van der Waals surface area contributed by atoms with Crippen LogP contribution in [-0.4, -0.2) is 41.6 Å². The molecule has 0 N–H and O–H groups in total. The van der Waals surface area contributed by atoms with E-state index in [0.29, 0.717) is 35.9 Å². The number of hydrogen-bond acceptors (Lipinski definition) is 3. The number of carbonyl (C=O) groups excluding carboxylic acids is 1. The molecule has 158 valence electrons. The maximum atomic E-state index is 13.5. The first-order valence-corrected chi connectivity index (χ1v) is 11.0. The van der Waals surface area contributed by atoms with Crippen molar-refractivity contribution in [1.82, 2.24) is 9.47 Å². The van der Waals surface area contributed by atoms with Gasteiger partial charge in [0.25, 0.3) is 5.91 Å². The molecule has 2 aromatic carbocycles. The van der Waals surface area contributed by atoms with E-state index in [1.165, 1.54) is 0 Å². The highest BCUT2D eigenvalue weighted by atomic mass is 35.5. The monoisotopic (exact) mass is 453 g/mol. The molecule has 2 aromatic heterocycles. The zero-order valence-electron chi connectivity index (χ0n) is 16.8. The number of para-hydroxylation sites is 1. The van der Waals surface area contributed by atoms with Crippen LogP contribution in [0.25, 0.3) is 11.1 Å². The van der Waals surface area contributed by atoms with E-state index in [9.17, 15) is 4.79 Å². The quantitative estimate of drug-likeness (QED) is 0.406. The molecule has 1 aliphatic heterocycles. The van der Waals surface area contributed by atoms with Crippen LogP contribution in [0.2, 0.25) is 10.0 Å². The molecular weight excluding hydrogens is 433 g/mol. The van der Waals surface area contributed by atoms with Crippen molar-refractivity contribution in [2.45, 2.75) is 6.54 Å². The van der Waals surface area contributed by atoms with Crippen molar-refractivity contribution in [3.05, 3.63) is 88.2 Å². The minimum atomic E-state index is -0.00254. The zero-order chi connectivity index (χ0) is 21.4. The SMILES string of the molecule is O=C(c1cc2occc2n1Cc1ccccc1Cl)N1CCN(c2ccccc2Cl)CC1. The lowest BCUT2D eigenvalue weighted by Crippen LogP contribution is -2.49. The van der Waals surface area contributed by atoms with Crippen molar-refractivity contribution in [1.29, 1.82) is 0 Å². The summed E-state index contributed by atoms with van der Waals surface area (Å²) in [5.41, 5.74) is 4.17. The van der Waals surface area contributed by atoms with Gasteiger partial charge in [-0.15, -0.1) is 0 Å². The molecule has 1 fully saturated rings. The van der Waals surface area contributed by atoms with Crippen molar-refractivity contribution in [3.8, 4) is 0 Å². The second kappa shape index (κ2) is 8.33. The molecule has 3 heterocycles. The first-order chi connectivity index (χ1) is 15.1. The second-order valence-electron chi connectivity index (χ2n) is 7.61. The van der Waals surface area contributed by atoms with Gasteiger partial charge in [0.05, 0.1) is 22.5 Å². The Morgan fingerprint density at radius 1 is 0.903 bits per heavy atom. The number of furan rings is 1. The fourth-order valence-electron chi connectivity index (χ4n) is 4.14. The van der Waals surface area contributed by atoms with Gasteiger partial charge in [-0.1, -0.05) is 53.5 Å². The summed E-state index contributed by atoms with van der Waals surface area (Å²) in [7, 11) is 0. The van der Waals surface area contributed by atoms with E-state index in [-0.39, 0.29) is 5.91 Å². The lowest BCUT2D eigenvalue weighted by Gasteiger charge is -2.36. The minimum Gasteiger partial charge on any atom is -0.463 e. The van der Waals surface area contributed by atoms with Gasteiger partial charge in [0.15, 0.2) is 5.58 Å². The molecule has 0 saturated carbocycles. The van der Waals surface area contributed by atoms with Crippen LogP contribution < -0.4 is 4.90 Å². The number of aromatic nitrogens is 1. The third-order valence-electron chi connectivity index (χ3n) is 5.79. The summed E-state index contributed by atoms with van der Waals surface area (Å²) < 4.78 is 7.57. The molecule has 5 nitrogen and oxygen atoms in total. The number of carbonyl (C=O) groups is 1. The van der Waals surface area contributed by atoms with Crippen LogP contribution in [0.5, 0.6) is 0 Å². The van der Waals surface area contributed by atoms with E-state index in [2.05, 4.69) is 4.90 Å². The van der Waals surface area contributed by atoms with Crippen LogP contribution >= 0.6 is 23.2 Å². The third-order valence-corrected chi connectivity index (χ3v) is 6.48. The number of nitrogens with zero attached hydrogens (tertiary/aromatic N) is 3. The number of fused-ring (bicyclic) bond motifs is 1.